The number of guanidine groups is 5. The molecule has 18 atom stereocenters. The van der Waals surface area contributed by atoms with E-state index >= 15 is 0 Å². The molecule has 143 heavy (non-hydrogen) atoms. The number of nitrogens with zero attached hydrogens (tertiary/aromatic N) is 2. The molecule has 61 nitrogen and oxygen atoms in total. The van der Waals surface area contributed by atoms with Crippen molar-refractivity contribution in [2.24, 2.45) is 45.9 Å². The normalized spacial score (nSPS) is 16.4. The van der Waals surface area contributed by atoms with Gasteiger partial charge in [-0.25, -0.2) is 4.79 Å². The fourth-order valence-electron chi connectivity index (χ4n) is 14.1. The van der Waals surface area contributed by atoms with Crippen LogP contribution in [-0.4, -0.2) is 389 Å². The van der Waals surface area contributed by atoms with E-state index in [1.165, 1.54) is 11.8 Å². The monoisotopic (exact) mass is 2070 g/mol. The lowest BCUT2D eigenvalue weighted by Crippen LogP contribution is -2.62. The molecule has 2 rings (SSSR count). The summed E-state index contributed by atoms with van der Waals surface area (Å²) in [5.41, 5.74) is 43.9. The van der Waals surface area contributed by atoms with Gasteiger partial charge in [0.05, 0.1) is 39.0 Å². The summed E-state index contributed by atoms with van der Waals surface area (Å²) in [6, 6.07) is -26.5. The molecule has 2 fully saturated rings. The molecule has 2 heterocycles. The van der Waals surface area contributed by atoms with Crippen molar-refractivity contribution < 1.29 is 121 Å². The van der Waals surface area contributed by atoms with Crippen LogP contribution in [0.1, 0.15) is 143 Å². The highest BCUT2D eigenvalue weighted by Crippen LogP contribution is 2.24. The maximum absolute atomic E-state index is 14.6. The van der Waals surface area contributed by atoms with Gasteiger partial charge >= 0.3 is 5.97 Å². The molecule has 0 aromatic heterocycles. The lowest BCUT2D eigenvalue weighted by Gasteiger charge is -2.32. The number of carbonyl (C=O) groups excluding carboxylic acids is 19. The number of aliphatic carboxylic acids is 1. The Labute approximate surface area is 833 Å². The molecule has 63 heteroatoms. The topological polar surface area (TPSA) is 1030 Å². The van der Waals surface area contributed by atoms with Gasteiger partial charge in [-0.3, -0.25) is 118 Å². The number of rotatable bonds is 68. The van der Waals surface area contributed by atoms with Crippen molar-refractivity contribution >= 4 is 173 Å². The van der Waals surface area contributed by atoms with E-state index in [-0.39, 0.29) is 161 Å². The van der Waals surface area contributed by atoms with Crippen LogP contribution < -0.4 is 158 Å². The first-order valence-corrected chi connectivity index (χ1v) is 47.2. The number of hydrogen-bond donors (Lipinski definition) is 41. The molecular weight excluding hydrogens is 1930 g/mol. The van der Waals surface area contributed by atoms with Crippen molar-refractivity contribution in [3.05, 3.63) is 0 Å². The molecule has 2 aliphatic rings. The van der Waals surface area contributed by atoms with Gasteiger partial charge in [0.15, 0.2) is 29.8 Å². The Morgan fingerprint density at radius 1 is 0.350 bits per heavy atom. The van der Waals surface area contributed by atoms with Crippen LogP contribution >= 0.6 is 25.3 Å². The van der Waals surface area contributed by atoms with Gasteiger partial charge in [-0.05, 0) is 143 Å². The lowest BCUT2D eigenvalue weighted by atomic mass is 10.0. The molecular formula is C80H144N36O25S2. The Kier molecular flexibility index (Phi) is 58.5. The molecule has 0 aromatic rings. The largest absolute Gasteiger partial charge is 0.480 e. The van der Waals surface area contributed by atoms with Gasteiger partial charge in [0, 0.05) is 63.7 Å². The number of aliphatic hydroxyl groups is 4. The van der Waals surface area contributed by atoms with Crippen LogP contribution in [-0.2, 0) is 95.9 Å². The van der Waals surface area contributed by atoms with Gasteiger partial charge < -0.3 is 193 Å². The predicted molar refractivity (Wildman–Crippen MR) is 517 cm³/mol. The number of likely N-dealkylation sites (tertiary alicyclic amines) is 2. The standard InChI is InChI=1S/C80H144N36O25S2/c1-38(102-63(128)43(15-7-25-95-77(86)87)105-61(126)41(82)33-117)59(124)99-32-57(123)103-49(34-118)67(132)113-51(36-142)69(134)107-45(17-9-27-97-79(90)91)64(129)108-46(21-22-55(83)121)66(131)106-42(14-6-24-94-76(84)85)62(127)100-31-56(122)101-39(2)60(125)104-44(16-8-26-96-78(88)89)65(130)112-52(37-143)70(135)111-50(35-119)68(133)114-58(40(3)120)72(137)110-47(13-4-5-23-81)73(138)115-29-11-19-53(115)71(136)109-48(18-10-28-98-80(92)93)74(139)116-30-12-20-54(116)75(140)141/h38-54,58,117-120,142-143H,4-37,81-82H2,1-3H3,(H2,83,121)(H,99,124)(H,100,127)(H,101,122)(H,102,128)(H,103,123)(H,104,125)(H,105,126)(H,106,131)(H,107,134)(H,108,129)(H,109,136)(H,110,137)(H,111,135)(H,112,130)(H,113,132)(H,114,133)(H,140,141)(H4,84,85,94)(H4,86,87,95)(H4,88,89,96)(H4,90,91,97)(H4,92,93,98)/t38-,39-,40+,41-,42-,43-,44-,45-,46-,47-,48-,49-,50-,51-,52-,53-,54-,58-/m0/s1. The number of nitrogens with one attached hydrogen (secondary N) is 26. The lowest BCUT2D eigenvalue weighted by molar-refractivity contribution is -0.150. The second-order valence-corrected chi connectivity index (χ2v) is 34.1. The zero-order chi connectivity index (χ0) is 108. The zero-order valence-electron chi connectivity index (χ0n) is 79.7. The number of amides is 19. The zero-order valence-corrected chi connectivity index (χ0v) is 81.5. The summed E-state index contributed by atoms with van der Waals surface area (Å²) < 4.78 is 0. The Hall–Kier alpha value is -13.8. The summed E-state index contributed by atoms with van der Waals surface area (Å²) in [7, 11) is 0. The van der Waals surface area contributed by atoms with Crippen molar-refractivity contribution in [1.29, 1.82) is 27.0 Å². The third kappa shape index (κ3) is 47.6. The van der Waals surface area contributed by atoms with Crippen molar-refractivity contribution in [3.8, 4) is 0 Å². The van der Waals surface area contributed by atoms with Gasteiger partial charge in [0.2, 0.25) is 112 Å². The quantitative estimate of drug-likeness (QED) is 0.0116. The fraction of sp³-hybridized carbons (Fsp3) is 0.688. The molecule has 0 bridgehead atoms. The van der Waals surface area contributed by atoms with Crippen molar-refractivity contribution in [1.82, 2.24) is 121 Å². The molecule has 0 spiro atoms. The first-order valence-electron chi connectivity index (χ1n) is 46.0. The molecule has 19 amide bonds. The number of hydrogen-bond acceptors (Lipinski definition) is 33. The number of nitrogens with two attached hydrogens (primary N) is 8. The highest BCUT2D eigenvalue weighted by Gasteiger charge is 2.44. The minimum atomic E-state index is -1.95. The van der Waals surface area contributed by atoms with Crippen LogP contribution in [0.25, 0.3) is 0 Å². The van der Waals surface area contributed by atoms with E-state index < -0.39 is 302 Å². The summed E-state index contributed by atoms with van der Waals surface area (Å²) in [5.74, 6) is -24.2. The van der Waals surface area contributed by atoms with E-state index in [0.717, 1.165) is 18.7 Å². The average molecular weight is 2070 g/mol. The third-order valence-electron chi connectivity index (χ3n) is 21.9. The van der Waals surface area contributed by atoms with E-state index in [1.807, 2.05) is 0 Å². The number of carboxylic acid groups (broad SMARTS) is 1. The summed E-state index contributed by atoms with van der Waals surface area (Å²) in [6.45, 7) is -1.18. The highest BCUT2D eigenvalue weighted by molar-refractivity contribution is 7.80. The molecule has 0 radical (unpaired) electrons. The Balaban J connectivity index is 2.34. The number of aliphatic hydroxyl groups excluding tert-OH is 4. The molecule has 0 saturated carbocycles. The van der Waals surface area contributed by atoms with Crippen molar-refractivity contribution in [2.75, 3.05) is 96.8 Å². The molecule has 2 aliphatic heterocycles. The van der Waals surface area contributed by atoms with Gasteiger partial charge in [-0.15, -0.1) is 0 Å². The third-order valence-corrected chi connectivity index (χ3v) is 22.6. The number of carbonyl (C=O) groups is 20. The van der Waals surface area contributed by atoms with Crippen LogP contribution in [0.2, 0.25) is 0 Å². The first kappa shape index (κ1) is 125. The van der Waals surface area contributed by atoms with Gasteiger partial charge in [0.1, 0.15) is 103 Å². The minimum absolute atomic E-state index is 0.00842. The fourth-order valence-corrected chi connectivity index (χ4v) is 14.6. The summed E-state index contributed by atoms with van der Waals surface area (Å²) in [5, 5.41) is 139. The minimum Gasteiger partial charge on any atom is -0.480 e. The van der Waals surface area contributed by atoms with E-state index in [1.54, 1.807) is 0 Å². The first-order chi connectivity index (χ1) is 67.5. The van der Waals surface area contributed by atoms with Crippen molar-refractivity contribution in [2.45, 2.75) is 252 Å². The van der Waals surface area contributed by atoms with Gasteiger partial charge in [-0.2, -0.15) is 25.3 Å². The Bertz CT molecular complexity index is 4380. The molecule has 0 aromatic carbocycles. The van der Waals surface area contributed by atoms with Crippen LogP contribution in [0.4, 0.5) is 0 Å². The van der Waals surface area contributed by atoms with E-state index in [4.69, 9.17) is 72.9 Å². The number of primary amides is 1. The highest BCUT2D eigenvalue weighted by atomic mass is 32.1. The van der Waals surface area contributed by atoms with Crippen LogP contribution in [0.5, 0.6) is 0 Å². The smallest absolute Gasteiger partial charge is 0.326 e. The second-order valence-electron chi connectivity index (χ2n) is 33.4. The molecule has 2 saturated heterocycles. The van der Waals surface area contributed by atoms with Crippen molar-refractivity contribution in [3.63, 3.8) is 0 Å². The summed E-state index contributed by atoms with van der Waals surface area (Å²) >= 11 is 8.35. The summed E-state index contributed by atoms with van der Waals surface area (Å²) in [4.78, 5) is 276. The molecule has 0 unspecified atom stereocenters. The number of thiol groups is 2. The number of carboxylic acids is 1. The van der Waals surface area contributed by atoms with Gasteiger partial charge in [-0.1, -0.05) is 0 Å². The molecule has 806 valence electrons. The SMILES string of the molecule is C[C@H](NC(=O)CNC(=O)[C@H](CCCNC(=N)N)NC(=O)[C@H](CCC(N)=O)NC(=O)[C@H](CCCNC(=N)N)NC(=O)[C@H](CS)NC(=O)[C@H](CO)NC(=O)CNC(=O)[C@H](C)NC(=O)[C@H](CCCNC(=N)N)NC(=O)[C@@H](N)CO)C(=O)N[C@@H](CCCNC(=N)N)C(=O)N[C@@H](CS)C(=O)N[C@@H](CO)C(=O)N[C@H](C(=O)N[C@@H](CCCCN)C(=O)N1CCC[C@H]1C(=O)N[C@@H](CCCNC(=N)N)C(=O)N1CCC[C@H]1C(=O)O)[C@@H](C)O. The van der Waals surface area contributed by atoms with Crippen LogP contribution in [0.3, 0.4) is 0 Å². The molecule has 47 N–H and O–H groups in total. The second kappa shape index (κ2) is 66.8. The van der Waals surface area contributed by atoms with E-state index in [9.17, 15) is 121 Å². The Morgan fingerprint density at radius 3 is 1.08 bits per heavy atom. The maximum atomic E-state index is 14.6. The van der Waals surface area contributed by atoms with Crippen LogP contribution in [0.15, 0.2) is 0 Å². The predicted octanol–water partition coefficient (Wildman–Crippen LogP) is -17.6. The number of unbranched alkanes of at least 4 members (excludes halogenated alkanes) is 1. The molecule has 0 aliphatic carbocycles. The average Bonchev–Trinajstić information content (AvgIpc) is 1.72. The van der Waals surface area contributed by atoms with Crippen LogP contribution in [0, 0.1) is 27.0 Å². The maximum Gasteiger partial charge on any atom is 0.326 e. The Morgan fingerprint density at radius 2 is 0.671 bits per heavy atom. The van der Waals surface area contributed by atoms with Gasteiger partial charge in [0.25, 0.3) is 0 Å². The van der Waals surface area contributed by atoms with E-state index in [0.29, 0.717) is 12.8 Å². The summed E-state index contributed by atoms with van der Waals surface area (Å²) in [6.07, 6.45) is -2.28. The van der Waals surface area contributed by atoms with E-state index in [2.05, 4.69) is 137 Å².